The van der Waals surface area contributed by atoms with Crippen molar-refractivity contribution in [2.45, 2.75) is 25.7 Å². The monoisotopic (exact) mass is 268 g/mol. The normalized spacial score (nSPS) is 22.9. The lowest BCUT2D eigenvalue weighted by molar-refractivity contribution is -0.146. The lowest BCUT2D eigenvalue weighted by Gasteiger charge is -2.15. The fraction of sp³-hybridized carbons (Fsp3) is 0.583. The van der Waals surface area contributed by atoms with E-state index in [1.807, 2.05) is 5.38 Å². The molecule has 6 heteroatoms. The van der Waals surface area contributed by atoms with Gasteiger partial charge in [0, 0.05) is 18.3 Å². The number of hydrogen-bond donors (Lipinski definition) is 2. The van der Waals surface area contributed by atoms with Gasteiger partial charge in [-0.2, -0.15) is 0 Å². The molecule has 0 radical (unpaired) electrons. The maximum absolute atomic E-state index is 11.9. The molecule has 2 atom stereocenters. The molecule has 98 valence electrons. The number of carboxylic acid groups (broad SMARTS) is 1. The van der Waals surface area contributed by atoms with Crippen LogP contribution in [0.1, 0.15) is 25.0 Å². The zero-order valence-electron chi connectivity index (χ0n) is 9.96. The molecule has 2 rings (SSSR count). The maximum Gasteiger partial charge on any atom is 0.307 e. The second kappa shape index (κ2) is 5.95. The van der Waals surface area contributed by atoms with Crippen molar-refractivity contribution in [2.24, 2.45) is 11.8 Å². The molecule has 18 heavy (non-hydrogen) atoms. The van der Waals surface area contributed by atoms with Gasteiger partial charge in [-0.05, 0) is 12.8 Å². The van der Waals surface area contributed by atoms with Gasteiger partial charge in [-0.1, -0.05) is 6.42 Å². The molecule has 0 bridgehead atoms. The third-order valence-electron chi connectivity index (χ3n) is 3.33. The number of aliphatic carboxylic acids is 1. The van der Waals surface area contributed by atoms with Gasteiger partial charge < -0.3 is 10.4 Å². The van der Waals surface area contributed by atoms with Crippen LogP contribution in [0, 0.1) is 11.8 Å². The van der Waals surface area contributed by atoms with Crippen molar-refractivity contribution < 1.29 is 14.7 Å². The quantitative estimate of drug-likeness (QED) is 0.843. The van der Waals surface area contributed by atoms with Crippen LogP contribution in [0.3, 0.4) is 0 Å². The van der Waals surface area contributed by atoms with Crippen LogP contribution < -0.4 is 5.32 Å². The van der Waals surface area contributed by atoms with Crippen LogP contribution in [0.5, 0.6) is 0 Å². The van der Waals surface area contributed by atoms with Crippen molar-refractivity contribution in [1.29, 1.82) is 0 Å². The number of thiazole rings is 1. The van der Waals surface area contributed by atoms with Crippen LogP contribution in [0.15, 0.2) is 10.9 Å². The van der Waals surface area contributed by atoms with Crippen molar-refractivity contribution >= 4 is 23.2 Å². The summed E-state index contributed by atoms with van der Waals surface area (Å²) in [4.78, 5) is 27.0. The van der Waals surface area contributed by atoms with E-state index >= 15 is 0 Å². The number of rotatable bonds is 5. The smallest absolute Gasteiger partial charge is 0.307 e. The van der Waals surface area contributed by atoms with E-state index in [9.17, 15) is 9.59 Å². The third-order valence-corrected chi connectivity index (χ3v) is 3.97. The highest BCUT2D eigenvalue weighted by Gasteiger charge is 2.37. The lowest BCUT2D eigenvalue weighted by atomic mass is 9.95. The summed E-state index contributed by atoms with van der Waals surface area (Å²) >= 11 is 1.53. The van der Waals surface area contributed by atoms with Crippen LogP contribution in [0.4, 0.5) is 0 Å². The van der Waals surface area contributed by atoms with Crippen LogP contribution in [0.2, 0.25) is 0 Å². The van der Waals surface area contributed by atoms with Gasteiger partial charge in [0.2, 0.25) is 5.91 Å². The Morgan fingerprint density at radius 2 is 2.22 bits per heavy atom. The molecule has 0 saturated heterocycles. The number of nitrogens with zero attached hydrogens (tertiary/aromatic N) is 1. The van der Waals surface area contributed by atoms with Gasteiger partial charge in [-0.15, -0.1) is 11.3 Å². The highest BCUT2D eigenvalue weighted by molar-refractivity contribution is 7.07. The highest BCUT2D eigenvalue weighted by atomic mass is 32.1. The molecule has 1 aromatic heterocycles. The van der Waals surface area contributed by atoms with Gasteiger partial charge in [0.15, 0.2) is 0 Å². The summed E-state index contributed by atoms with van der Waals surface area (Å²) in [7, 11) is 0. The van der Waals surface area contributed by atoms with Crippen LogP contribution in [0.25, 0.3) is 0 Å². The van der Waals surface area contributed by atoms with Crippen molar-refractivity contribution in [3.63, 3.8) is 0 Å². The summed E-state index contributed by atoms with van der Waals surface area (Å²) < 4.78 is 0. The van der Waals surface area contributed by atoms with Crippen LogP contribution >= 0.6 is 11.3 Å². The molecule has 1 aliphatic rings. The second-order valence-electron chi connectivity index (χ2n) is 4.50. The predicted octanol–water partition coefficient (Wildman–Crippen LogP) is 1.30. The second-order valence-corrected chi connectivity index (χ2v) is 5.22. The number of carbonyl (C=O) groups excluding carboxylic acids is 1. The molecule has 1 aromatic rings. The van der Waals surface area contributed by atoms with E-state index in [1.165, 1.54) is 11.3 Å². The predicted molar refractivity (Wildman–Crippen MR) is 67.3 cm³/mol. The standard InChI is InChI=1S/C12H16N2O3S/c15-11(9-2-1-3-10(9)12(16)17)13-5-4-8-6-18-7-14-8/h6-7,9-10H,1-5H2,(H,13,15)(H,16,17). The molecule has 2 unspecified atom stereocenters. The minimum Gasteiger partial charge on any atom is -0.481 e. The summed E-state index contributed by atoms with van der Waals surface area (Å²) in [6, 6.07) is 0. The van der Waals surface area contributed by atoms with E-state index < -0.39 is 11.9 Å². The van der Waals surface area contributed by atoms with E-state index in [4.69, 9.17) is 5.11 Å². The van der Waals surface area contributed by atoms with Gasteiger partial charge in [-0.3, -0.25) is 9.59 Å². The largest absolute Gasteiger partial charge is 0.481 e. The van der Waals surface area contributed by atoms with E-state index in [0.717, 1.165) is 12.1 Å². The SMILES string of the molecule is O=C(O)C1CCCC1C(=O)NCCc1cscn1. The Morgan fingerprint density at radius 3 is 2.89 bits per heavy atom. The molecule has 1 aliphatic carbocycles. The maximum atomic E-state index is 11.9. The Labute approximate surface area is 109 Å². The summed E-state index contributed by atoms with van der Waals surface area (Å²) in [6.07, 6.45) is 2.81. The zero-order chi connectivity index (χ0) is 13.0. The Bertz CT molecular complexity index is 419. The summed E-state index contributed by atoms with van der Waals surface area (Å²) in [6.45, 7) is 0.519. The number of nitrogens with one attached hydrogen (secondary N) is 1. The third kappa shape index (κ3) is 3.07. The topological polar surface area (TPSA) is 79.3 Å². The van der Waals surface area contributed by atoms with E-state index in [2.05, 4.69) is 10.3 Å². The number of carboxylic acids is 1. The van der Waals surface area contributed by atoms with Gasteiger partial charge in [0.1, 0.15) is 0 Å². The molecule has 2 N–H and O–H groups in total. The summed E-state index contributed by atoms with van der Waals surface area (Å²) in [5, 5.41) is 13.8. The van der Waals surface area contributed by atoms with Gasteiger partial charge in [-0.25, -0.2) is 4.98 Å². The molecular weight excluding hydrogens is 252 g/mol. The first-order valence-electron chi connectivity index (χ1n) is 6.06. The Morgan fingerprint density at radius 1 is 1.44 bits per heavy atom. The molecule has 1 fully saturated rings. The molecule has 0 aliphatic heterocycles. The first-order valence-corrected chi connectivity index (χ1v) is 7.00. The minimum atomic E-state index is -0.854. The molecule has 1 heterocycles. The molecule has 0 spiro atoms. The first kappa shape index (κ1) is 13.0. The molecule has 1 saturated carbocycles. The zero-order valence-corrected chi connectivity index (χ0v) is 10.8. The van der Waals surface area contributed by atoms with E-state index in [-0.39, 0.29) is 11.8 Å². The molecular formula is C12H16N2O3S. The number of amides is 1. The fourth-order valence-corrected chi connectivity index (χ4v) is 2.97. The summed E-state index contributed by atoms with van der Waals surface area (Å²) in [5.41, 5.74) is 2.72. The Balaban J connectivity index is 1.79. The first-order chi connectivity index (χ1) is 8.68. The number of carbonyl (C=O) groups is 2. The van der Waals surface area contributed by atoms with Gasteiger partial charge >= 0.3 is 5.97 Å². The van der Waals surface area contributed by atoms with E-state index in [1.54, 1.807) is 5.51 Å². The summed E-state index contributed by atoms with van der Waals surface area (Å²) in [5.74, 6) is -1.86. The average Bonchev–Trinajstić information content (AvgIpc) is 2.99. The Kier molecular flexibility index (Phi) is 4.30. The molecule has 5 nitrogen and oxygen atoms in total. The van der Waals surface area contributed by atoms with Gasteiger partial charge in [0.05, 0.1) is 23.0 Å². The minimum absolute atomic E-state index is 0.130. The number of hydrogen-bond acceptors (Lipinski definition) is 4. The average molecular weight is 268 g/mol. The van der Waals surface area contributed by atoms with Crippen molar-refractivity contribution in [1.82, 2.24) is 10.3 Å². The lowest BCUT2D eigenvalue weighted by Crippen LogP contribution is -2.36. The van der Waals surface area contributed by atoms with Crippen LogP contribution in [-0.4, -0.2) is 28.5 Å². The van der Waals surface area contributed by atoms with Crippen molar-refractivity contribution in [3.8, 4) is 0 Å². The molecule has 0 aromatic carbocycles. The van der Waals surface area contributed by atoms with Crippen LogP contribution in [-0.2, 0) is 16.0 Å². The Hall–Kier alpha value is -1.43. The molecule has 1 amide bonds. The van der Waals surface area contributed by atoms with Crippen molar-refractivity contribution in [3.05, 3.63) is 16.6 Å². The van der Waals surface area contributed by atoms with Gasteiger partial charge in [0.25, 0.3) is 0 Å². The van der Waals surface area contributed by atoms with E-state index in [0.29, 0.717) is 25.8 Å². The highest BCUT2D eigenvalue weighted by Crippen LogP contribution is 2.31. The number of aromatic nitrogens is 1. The fourth-order valence-electron chi connectivity index (χ4n) is 2.38. The van der Waals surface area contributed by atoms with Crippen molar-refractivity contribution in [2.75, 3.05) is 6.54 Å².